The van der Waals surface area contributed by atoms with Crippen LogP contribution in [0.2, 0.25) is 0 Å². The van der Waals surface area contributed by atoms with Gasteiger partial charge in [0.05, 0.1) is 35.5 Å². The molecule has 3 N–H and O–H groups in total. The monoisotopic (exact) mass is 445 g/mol. The minimum absolute atomic E-state index is 0.0500. The minimum Gasteiger partial charge on any atom is -0.360 e. The number of nitrogens with one attached hydrogen (secondary N) is 1. The van der Waals surface area contributed by atoms with Gasteiger partial charge >= 0.3 is 0 Å². The number of likely N-dealkylation sites (N-methyl/N-ethyl adjacent to an activating group) is 1. The highest BCUT2D eigenvalue weighted by atomic mass is 16.5. The summed E-state index contributed by atoms with van der Waals surface area (Å²) < 4.78 is 7.23. The van der Waals surface area contributed by atoms with Gasteiger partial charge in [-0.15, -0.1) is 0 Å². The van der Waals surface area contributed by atoms with Gasteiger partial charge < -0.3 is 20.5 Å². The van der Waals surface area contributed by atoms with Gasteiger partial charge in [0, 0.05) is 38.6 Å². The molecule has 1 aliphatic heterocycles. The van der Waals surface area contributed by atoms with Crippen molar-refractivity contribution in [1.82, 2.24) is 34.8 Å². The Morgan fingerprint density at radius 3 is 2.79 bits per heavy atom. The number of hydrogen-bond acceptors (Lipinski definition) is 9. The smallest absolute Gasteiger partial charge is 0.233 e. The molecule has 0 spiro atoms. The van der Waals surface area contributed by atoms with E-state index in [0.29, 0.717) is 54.1 Å². The first-order valence-electron chi connectivity index (χ1n) is 10.6. The van der Waals surface area contributed by atoms with Crippen molar-refractivity contribution in [3.63, 3.8) is 0 Å². The summed E-state index contributed by atoms with van der Waals surface area (Å²) in [5, 5.41) is 11.5. The number of carbonyl (C=O) groups is 1. The number of rotatable bonds is 7. The predicted molar refractivity (Wildman–Crippen MR) is 120 cm³/mol. The molecule has 11 nitrogen and oxygen atoms in total. The van der Waals surface area contributed by atoms with E-state index in [1.54, 1.807) is 41.2 Å². The number of likely N-dealkylation sites (tertiary alicyclic amines) is 1. The first kappa shape index (κ1) is 20.8. The van der Waals surface area contributed by atoms with Crippen LogP contribution in [-0.2, 0) is 11.3 Å². The molecule has 1 saturated heterocycles. The van der Waals surface area contributed by atoms with Crippen molar-refractivity contribution in [3.8, 4) is 22.8 Å². The highest BCUT2D eigenvalue weighted by molar-refractivity contribution is 5.85. The maximum Gasteiger partial charge on any atom is 0.233 e. The third-order valence-electron chi connectivity index (χ3n) is 5.48. The highest BCUT2D eigenvalue weighted by Crippen LogP contribution is 2.30. The fourth-order valence-corrected chi connectivity index (χ4v) is 3.75. The average Bonchev–Trinajstić information content (AvgIpc) is 3.56. The van der Waals surface area contributed by atoms with E-state index in [0.717, 1.165) is 12.1 Å². The Morgan fingerprint density at radius 1 is 1.18 bits per heavy atom. The Kier molecular flexibility index (Phi) is 5.53. The lowest BCUT2D eigenvalue weighted by Crippen LogP contribution is -2.21. The third kappa shape index (κ3) is 4.30. The van der Waals surface area contributed by atoms with Gasteiger partial charge in [-0.1, -0.05) is 11.2 Å². The van der Waals surface area contributed by atoms with Crippen LogP contribution in [0.1, 0.15) is 18.1 Å². The maximum atomic E-state index is 12.3. The van der Waals surface area contributed by atoms with E-state index in [-0.39, 0.29) is 11.8 Å². The van der Waals surface area contributed by atoms with Crippen LogP contribution in [0, 0.1) is 0 Å². The van der Waals surface area contributed by atoms with E-state index in [2.05, 4.69) is 25.5 Å². The van der Waals surface area contributed by atoms with E-state index in [1.807, 2.05) is 24.4 Å². The van der Waals surface area contributed by atoms with Gasteiger partial charge in [0.1, 0.15) is 17.4 Å². The Hall–Kier alpha value is -4.12. The van der Waals surface area contributed by atoms with E-state index in [1.165, 1.54) is 0 Å². The Labute approximate surface area is 189 Å². The second-order valence-corrected chi connectivity index (χ2v) is 7.79. The Morgan fingerprint density at radius 2 is 2.00 bits per heavy atom. The standard InChI is InChI=1S/C22H23N9O2/c1-30-9-6-15(21(30)32)20-11-19(29-33-20)17-4-2-3-16(27-17)18-5-8-24-22(28-18)26-14-12-25-31(13-14)10-7-23/h2-5,8,11-13,15H,6-7,9-10,23H2,1H3,(H,24,26,28). The third-order valence-corrected chi connectivity index (χ3v) is 5.48. The number of hydrogen-bond donors (Lipinski definition) is 2. The van der Waals surface area contributed by atoms with Crippen molar-refractivity contribution in [2.75, 3.05) is 25.5 Å². The van der Waals surface area contributed by atoms with Crippen molar-refractivity contribution in [1.29, 1.82) is 0 Å². The summed E-state index contributed by atoms with van der Waals surface area (Å²) in [4.78, 5) is 27.5. The first-order chi connectivity index (χ1) is 16.1. The van der Waals surface area contributed by atoms with E-state index < -0.39 is 0 Å². The summed E-state index contributed by atoms with van der Waals surface area (Å²) in [6.45, 7) is 1.86. The van der Waals surface area contributed by atoms with Crippen LogP contribution < -0.4 is 11.1 Å². The number of amides is 1. The summed E-state index contributed by atoms with van der Waals surface area (Å²) in [5.41, 5.74) is 8.87. The number of aromatic nitrogens is 6. The van der Waals surface area contributed by atoms with Crippen LogP contribution in [0.3, 0.4) is 0 Å². The molecule has 0 radical (unpaired) electrons. The molecule has 0 aromatic carbocycles. The Bertz CT molecular complexity index is 1280. The van der Waals surface area contributed by atoms with E-state index >= 15 is 0 Å². The second-order valence-electron chi connectivity index (χ2n) is 7.79. The largest absolute Gasteiger partial charge is 0.360 e. The molecule has 4 aromatic heterocycles. The average molecular weight is 445 g/mol. The molecular weight excluding hydrogens is 422 g/mol. The molecule has 1 fully saturated rings. The molecule has 0 aliphatic carbocycles. The number of anilines is 2. The van der Waals surface area contributed by atoms with Crippen LogP contribution in [0.15, 0.2) is 53.4 Å². The quantitative estimate of drug-likeness (QED) is 0.437. The van der Waals surface area contributed by atoms with Gasteiger partial charge in [0.2, 0.25) is 11.9 Å². The number of pyridine rings is 1. The van der Waals surface area contributed by atoms with E-state index in [4.69, 9.17) is 15.2 Å². The molecule has 1 amide bonds. The van der Waals surface area contributed by atoms with Gasteiger partial charge in [-0.3, -0.25) is 9.48 Å². The summed E-state index contributed by atoms with van der Waals surface area (Å²) in [7, 11) is 1.79. The lowest BCUT2D eigenvalue weighted by atomic mass is 10.0. The summed E-state index contributed by atoms with van der Waals surface area (Å²) >= 11 is 0. The lowest BCUT2D eigenvalue weighted by molar-refractivity contribution is -0.128. The normalized spacial score (nSPS) is 15.9. The van der Waals surface area contributed by atoms with Gasteiger partial charge in [0.15, 0.2) is 0 Å². The van der Waals surface area contributed by atoms with E-state index in [9.17, 15) is 4.79 Å². The predicted octanol–water partition coefficient (Wildman–Crippen LogP) is 2.04. The van der Waals surface area contributed by atoms with Crippen LogP contribution in [-0.4, -0.2) is 60.8 Å². The van der Waals surface area contributed by atoms with Gasteiger partial charge in [-0.25, -0.2) is 15.0 Å². The summed E-state index contributed by atoms with van der Waals surface area (Å²) in [6.07, 6.45) is 5.93. The summed E-state index contributed by atoms with van der Waals surface area (Å²) in [5.74, 6) is 0.757. The Balaban J connectivity index is 1.36. The highest BCUT2D eigenvalue weighted by Gasteiger charge is 2.33. The molecule has 5 rings (SSSR count). The molecule has 168 valence electrons. The van der Waals surface area contributed by atoms with Crippen molar-refractivity contribution in [3.05, 3.63) is 54.7 Å². The fraction of sp³-hybridized carbons (Fsp3) is 0.273. The molecular formula is C22H23N9O2. The molecule has 5 heterocycles. The molecule has 33 heavy (non-hydrogen) atoms. The maximum absolute atomic E-state index is 12.3. The van der Waals surface area contributed by atoms with Crippen LogP contribution in [0.5, 0.6) is 0 Å². The molecule has 4 aromatic rings. The summed E-state index contributed by atoms with van der Waals surface area (Å²) in [6, 6.07) is 9.17. The molecule has 0 bridgehead atoms. The zero-order valence-corrected chi connectivity index (χ0v) is 18.0. The van der Waals surface area contributed by atoms with Crippen molar-refractivity contribution >= 4 is 17.5 Å². The minimum atomic E-state index is -0.288. The molecule has 1 aliphatic rings. The van der Waals surface area contributed by atoms with Crippen molar-refractivity contribution < 1.29 is 9.32 Å². The SMILES string of the molecule is CN1CCC(c2cc(-c3cccc(-c4ccnc(Nc5cnn(CCN)c5)n4)n3)no2)C1=O. The van der Waals surface area contributed by atoms with Crippen LogP contribution in [0.4, 0.5) is 11.6 Å². The number of nitrogens with two attached hydrogens (primary N) is 1. The van der Waals surface area contributed by atoms with Gasteiger partial charge in [0.25, 0.3) is 0 Å². The van der Waals surface area contributed by atoms with Gasteiger partial charge in [-0.2, -0.15) is 5.10 Å². The van der Waals surface area contributed by atoms with Crippen molar-refractivity contribution in [2.24, 2.45) is 5.73 Å². The molecule has 1 atom stereocenters. The molecule has 11 heteroatoms. The topological polar surface area (TPSA) is 141 Å². The zero-order chi connectivity index (χ0) is 22.8. The number of nitrogens with zero attached hydrogens (tertiary/aromatic N) is 7. The number of carbonyl (C=O) groups excluding carboxylic acids is 1. The van der Waals surface area contributed by atoms with Crippen molar-refractivity contribution in [2.45, 2.75) is 18.9 Å². The first-order valence-corrected chi connectivity index (χ1v) is 10.6. The fourth-order valence-electron chi connectivity index (χ4n) is 3.75. The molecule has 1 unspecified atom stereocenters. The van der Waals surface area contributed by atoms with Crippen LogP contribution >= 0.6 is 0 Å². The second kappa shape index (κ2) is 8.79. The zero-order valence-electron chi connectivity index (χ0n) is 18.0. The van der Waals surface area contributed by atoms with Gasteiger partial charge in [-0.05, 0) is 24.6 Å². The van der Waals surface area contributed by atoms with Crippen LogP contribution in [0.25, 0.3) is 22.8 Å². The molecule has 0 saturated carbocycles. The lowest BCUT2D eigenvalue weighted by Gasteiger charge is -2.07.